The number of hydrogen-bond donors (Lipinski definition) is 1. The van der Waals surface area contributed by atoms with Crippen LogP contribution < -0.4 is 0 Å². The predicted octanol–water partition coefficient (Wildman–Crippen LogP) is 5.95. The molecular weight excluding hydrogens is 556 g/mol. The van der Waals surface area contributed by atoms with E-state index in [-0.39, 0.29) is 36.2 Å². The van der Waals surface area contributed by atoms with Crippen LogP contribution in [0.1, 0.15) is 120 Å². The van der Waals surface area contributed by atoms with Gasteiger partial charge < -0.3 is 10.0 Å². The summed E-state index contributed by atoms with van der Waals surface area (Å²) < 4.78 is 28.4. The summed E-state index contributed by atoms with van der Waals surface area (Å²) in [5, 5.41) is 11.4. The Labute approximate surface area is 254 Å². The fourth-order valence-corrected chi connectivity index (χ4v) is 6.19. The molecule has 9 nitrogen and oxygen atoms in total. The first-order valence-corrected chi connectivity index (χ1v) is 15.4. The Morgan fingerprint density at radius 1 is 1.05 bits per heavy atom. The number of aldehydes is 1. The Morgan fingerprint density at radius 2 is 1.65 bits per heavy atom. The van der Waals surface area contributed by atoms with Crippen molar-refractivity contribution in [1.82, 2.24) is 24.4 Å². The van der Waals surface area contributed by atoms with Crippen molar-refractivity contribution in [2.45, 2.75) is 115 Å². The Morgan fingerprint density at radius 3 is 2.19 bits per heavy atom. The minimum atomic E-state index is -2.55. The van der Waals surface area contributed by atoms with Gasteiger partial charge in [0.2, 0.25) is 11.8 Å². The van der Waals surface area contributed by atoms with Gasteiger partial charge in [-0.15, -0.1) is 0 Å². The molecule has 0 atom stereocenters. The molecule has 2 aromatic heterocycles. The number of likely N-dealkylation sites (N-methyl/N-ethyl adjacent to an activating group) is 1. The van der Waals surface area contributed by atoms with E-state index in [1.165, 1.54) is 19.3 Å². The maximum Gasteiger partial charge on any atom is 0.290 e. The summed E-state index contributed by atoms with van der Waals surface area (Å²) in [6.07, 6.45) is 9.02. The smallest absolute Gasteiger partial charge is 0.290 e. The highest BCUT2D eigenvalue weighted by atomic mass is 19.3. The summed E-state index contributed by atoms with van der Waals surface area (Å²) in [6, 6.07) is 1.98. The monoisotopic (exact) mass is 605 g/mol. The SMILES string of the molecule is CC(C)(C)c1cc(C2CCC(F)(F)CC2)nn2cc(C=O)nc12.CN1CCN(C(=O)C2CCCCC2)CC1(C)C.O=CO. The summed E-state index contributed by atoms with van der Waals surface area (Å²) in [7, 11) is 2.16. The molecule has 2 saturated carbocycles. The molecule has 0 spiro atoms. The van der Waals surface area contributed by atoms with Crippen molar-refractivity contribution in [2.75, 3.05) is 26.7 Å². The van der Waals surface area contributed by atoms with Crippen LogP contribution >= 0.6 is 0 Å². The molecule has 11 heteroatoms. The molecule has 0 bridgehead atoms. The summed E-state index contributed by atoms with van der Waals surface area (Å²) >= 11 is 0. The van der Waals surface area contributed by atoms with Crippen LogP contribution in [0.4, 0.5) is 8.78 Å². The molecule has 3 heterocycles. The van der Waals surface area contributed by atoms with E-state index in [0.717, 1.165) is 43.7 Å². The number of halogens is 2. The third-order valence-electron chi connectivity index (χ3n) is 9.11. The summed E-state index contributed by atoms with van der Waals surface area (Å²) in [6.45, 7) is 13.2. The molecule has 0 unspecified atom stereocenters. The highest BCUT2D eigenvalue weighted by molar-refractivity contribution is 5.79. The fourth-order valence-electron chi connectivity index (χ4n) is 6.19. The van der Waals surface area contributed by atoms with Gasteiger partial charge in [-0.2, -0.15) is 5.10 Å². The first-order chi connectivity index (χ1) is 20.1. The molecule has 2 aliphatic carbocycles. The van der Waals surface area contributed by atoms with E-state index in [9.17, 15) is 18.4 Å². The summed E-state index contributed by atoms with van der Waals surface area (Å²) in [5.74, 6) is -1.77. The number of hydrogen-bond acceptors (Lipinski definition) is 6. The first kappa shape index (κ1) is 34.5. The van der Waals surface area contributed by atoms with Crippen molar-refractivity contribution < 1.29 is 28.3 Å². The largest absolute Gasteiger partial charge is 0.483 e. The zero-order valence-electron chi connectivity index (χ0n) is 26.6. The number of amides is 1. The molecule has 1 saturated heterocycles. The summed E-state index contributed by atoms with van der Waals surface area (Å²) in [5.41, 5.74) is 2.73. The maximum atomic E-state index is 13.4. The average molecular weight is 606 g/mol. The second kappa shape index (κ2) is 14.2. The zero-order valence-corrected chi connectivity index (χ0v) is 26.6. The number of aromatic nitrogens is 3. The van der Waals surface area contributed by atoms with Crippen LogP contribution in [-0.2, 0) is 15.0 Å². The maximum absolute atomic E-state index is 13.4. The van der Waals surface area contributed by atoms with Gasteiger partial charge in [0.25, 0.3) is 6.47 Å². The number of carbonyl (C=O) groups is 3. The number of rotatable bonds is 3. The van der Waals surface area contributed by atoms with Crippen LogP contribution in [0.25, 0.3) is 5.65 Å². The van der Waals surface area contributed by atoms with Crippen molar-refractivity contribution in [1.29, 1.82) is 0 Å². The average Bonchev–Trinajstić information content (AvgIpc) is 3.37. The van der Waals surface area contributed by atoms with Crippen molar-refractivity contribution in [3.8, 4) is 0 Å². The standard InChI is InChI=1S/C17H21F2N3O.C14H26N2O.CH2O2/c1-16(2,3)13-8-14(11-4-6-17(18,19)7-5-11)21-22-9-12(10-23)20-15(13)22;1-14(2)11-16(10-9-15(14)3)13(17)12-7-5-4-6-8-12;2-1-3/h8-11H,4-7H2,1-3H3;12H,4-11H2,1-3H3;1H,(H,2,3). The van der Waals surface area contributed by atoms with Gasteiger partial charge in [0.05, 0.1) is 11.9 Å². The molecule has 3 aliphatic rings. The lowest BCUT2D eigenvalue weighted by Crippen LogP contribution is -2.59. The van der Waals surface area contributed by atoms with Gasteiger partial charge in [-0.3, -0.25) is 19.3 Å². The van der Waals surface area contributed by atoms with Crippen LogP contribution in [-0.4, -0.2) is 86.3 Å². The highest BCUT2D eigenvalue weighted by Gasteiger charge is 2.37. The van der Waals surface area contributed by atoms with Gasteiger partial charge in [0, 0.05) is 55.4 Å². The van der Waals surface area contributed by atoms with Crippen LogP contribution in [0.3, 0.4) is 0 Å². The Balaban J connectivity index is 0.000000224. The second-order valence-corrected chi connectivity index (χ2v) is 13.8. The van der Waals surface area contributed by atoms with E-state index >= 15 is 0 Å². The first-order valence-electron chi connectivity index (χ1n) is 15.4. The molecule has 240 valence electrons. The van der Waals surface area contributed by atoms with Crippen LogP contribution in [0.2, 0.25) is 0 Å². The summed E-state index contributed by atoms with van der Waals surface area (Å²) in [4.78, 5) is 40.6. The molecule has 43 heavy (non-hydrogen) atoms. The van der Waals surface area contributed by atoms with Gasteiger partial charge in [0.1, 0.15) is 5.69 Å². The predicted molar refractivity (Wildman–Crippen MR) is 162 cm³/mol. The molecular formula is C32H49F2N5O4. The minimum Gasteiger partial charge on any atom is -0.483 e. The van der Waals surface area contributed by atoms with Gasteiger partial charge in [-0.05, 0) is 58.1 Å². The van der Waals surface area contributed by atoms with Gasteiger partial charge in [0.15, 0.2) is 11.9 Å². The van der Waals surface area contributed by atoms with Crippen molar-refractivity contribution >= 4 is 24.3 Å². The molecule has 1 aliphatic heterocycles. The van der Waals surface area contributed by atoms with Crippen molar-refractivity contribution in [3.05, 3.63) is 29.2 Å². The number of nitrogens with zero attached hydrogens (tertiary/aromatic N) is 5. The van der Waals surface area contributed by atoms with Gasteiger partial charge >= 0.3 is 0 Å². The van der Waals surface area contributed by atoms with E-state index in [4.69, 9.17) is 9.90 Å². The van der Waals surface area contributed by atoms with E-state index in [1.807, 2.05) is 6.07 Å². The Bertz CT molecular complexity index is 1240. The van der Waals surface area contributed by atoms with Crippen LogP contribution in [0.5, 0.6) is 0 Å². The number of fused-ring (bicyclic) bond motifs is 1. The molecule has 2 aromatic rings. The van der Waals surface area contributed by atoms with Gasteiger partial charge in [-0.1, -0.05) is 40.0 Å². The lowest BCUT2D eigenvalue weighted by atomic mass is 9.82. The number of carboxylic acid groups (broad SMARTS) is 1. The Kier molecular flexibility index (Phi) is 11.4. The topological polar surface area (TPSA) is 108 Å². The van der Waals surface area contributed by atoms with E-state index in [1.54, 1.807) is 10.7 Å². The molecule has 0 radical (unpaired) electrons. The quantitative estimate of drug-likeness (QED) is 0.431. The highest BCUT2D eigenvalue weighted by Crippen LogP contribution is 2.41. The molecule has 1 amide bonds. The normalized spacial score (nSPS) is 21.3. The van der Waals surface area contributed by atoms with E-state index in [0.29, 0.717) is 42.3 Å². The number of imidazole rings is 1. The van der Waals surface area contributed by atoms with Crippen LogP contribution in [0.15, 0.2) is 12.3 Å². The minimum absolute atomic E-state index is 0.0298. The van der Waals surface area contributed by atoms with Gasteiger partial charge in [-0.25, -0.2) is 18.3 Å². The Hall–Kier alpha value is -2.95. The number of piperazine rings is 1. The second-order valence-electron chi connectivity index (χ2n) is 13.8. The fraction of sp³-hybridized carbons (Fsp3) is 0.719. The molecule has 0 aromatic carbocycles. The third-order valence-corrected chi connectivity index (χ3v) is 9.11. The molecule has 1 N–H and O–H groups in total. The van der Waals surface area contributed by atoms with Crippen molar-refractivity contribution in [3.63, 3.8) is 0 Å². The van der Waals surface area contributed by atoms with E-state index < -0.39 is 5.92 Å². The zero-order chi connectivity index (χ0) is 32.0. The number of alkyl halides is 2. The lowest BCUT2D eigenvalue weighted by molar-refractivity contribution is -0.141. The van der Waals surface area contributed by atoms with E-state index in [2.05, 4.69) is 61.5 Å². The number of carbonyl (C=O) groups excluding carboxylic acids is 2. The molecule has 5 rings (SSSR count). The van der Waals surface area contributed by atoms with Crippen molar-refractivity contribution in [2.24, 2.45) is 5.92 Å². The molecule has 3 fully saturated rings. The van der Waals surface area contributed by atoms with Crippen LogP contribution in [0, 0.1) is 5.92 Å². The third kappa shape index (κ3) is 9.03. The lowest BCUT2D eigenvalue weighted by Gasteiger charge is -2.46.